The predicted molar refractivity (Wildman–Crippen MR) is 77.5 cm³/mol. The fourth-order valence-electron chi connectivity index (χ4n) is 2.80. The van der Waals surface area contributed by atoms with E-state index in [0.29, 0.717) is 12.0 Å². The second kappa shape index (κ2) is 6.20. The topological polar surface area (TPSA) is 55.1 Å². The maximum absolute atomic E-state index is 12.3. The molecule has 3 nitrogen and oxygen atoms in total. The molecule has 1 aliphatic rings. The summed E-state index contributed by atoms with van der Waals surface area (Å²) in [6, 6.07) is 9.92. The van der Waals surface area contributed by atoms with E-state index < -0.39 is 0 Å². The molecule has 1 saturated carbocycles. The van der Waals surface area contributed by atoms with Crippen LogP contribution in [0.25, 0.3) is 0 Å². The Morgan fingerprint density at radius 1 is 1.32 bits per heavy atom. The summed E-state index contributed by atoms with van der Waals surface area (Å²) < 4.78 is 0. The van der Waals surface area contributed by atoms with E-state index in [9.17, 15) is 4.79 Å². The zero-order chi connectivity index (χ0) is 13.8. The molecule has 4 atom stereocenters. The van der Waals surface area contributed by atoms with Crippen molar-refractivity contribution in [3.05, 3.63) is 35.9 Å². The number of amides is 1. The van der Waals surface area contributed by atoms with Gasteiger partial charge in [0.25, 0.3) is 0 Å². The Morgan fingerprint density at radius 3 is 2.58 bits per heavy atom. The van der Waals surface area contributed by atoms with Gasteiger partial charge in [0.1, 0.15) is 0 Å². The van der Waals surface area contributed by atoms with Gasteiger partial charge in [0.15, 0.2) is 0 Å². The average Bonchev–Trinajstić information content (AvgIpc) is 2.83. The number of benzene rings is 1. The van der Waals surface area contributed by atoms with Gasteiger partial charge >= 0.3 is 0 Å². The Morgan fingerprint density at radius 2 is 2.00 bits per heavy atom. The molecular formula is C16H24N2O. The minimum absolute atomic E-state index is 0.0788. The highest BCUT2D eigenvalue weighted by atomic mass is 16.2. The molecule has 4 unspecified atom stereocenters. The van der Waals surface area contributed by atoms with Crippen molar-refractivity contribution in [1.29, 1.82) is 0 Å². The van der Waals surface area contributed by atoms with Gasteiger partial charge in [-0.15, -0.1) is 0 Å². The summed E-state index contributed by atoms with van der Waals surface area (Å²) >= 11 is 0. The van der Waals surface area contributed by atoms with Crippen LogP contribution in [0.2, 0.25) is 0 Å². The molecule has 0 saturated heterocycles. The van der Waals surface area contributed by atoms with Crippen molar-refractivity contribution in [2.75, 3.05) is 0 Å². The lowest BCUT2D eigenvalue weighted by Gasteiger charge is -2.24. The van der Waals surface area contributed by atoms with E-state index in [2.05, 4.69) is 12.2 Å². The number of nitrogens with one attached hydrogen (secondary N) is 1. The van der Waals surface area contributed by atoms with Gasteiger partial charge in [-0.05, 0) is 24.3 Å². The van der Waals surface area contributed by atoms with E-state index in [1.165, 1.54) is 12.8 Å². The van der Waals surface area contributed by atoms with E-state index in [4.69, 9.17) is 5.73 Å². The monoisotopic (exact) mass is 260 g/mol. The van der Waals surface area contributed by atoms with E-state index in [-0.39, 0.29) is 17.9 Å². The number of hydrogen-bond donors (Lipinski definition) is 2. The van der Waals surface area contributed by atoms with Crippen LogP contribution in [0.1, 0.15) is 44.7 Å². The van der Waals surface area contributed by atoms with Crippen LogP contribution in [0, 0.1) is 11.8 Å². The van der Waals surface area contributed by atoms with Crippen LogP contribution >= 0.6 is 0 Å². The van der Waals surface area contributed by atoms with E-state index in [1.54, 1.807) is 0 Å². The predicted octanol–water partition coefficient (Wildman–Crippen LogP) is 2.63. The minimum Gasteiger partial charge on any atom is -0.353 e. The largest absolute Gasteiger partial charge is 0.353 e. The molecule has 0 spiro atoms. The van der Waals surface area contributed by atoms with Gasteiger partial charge in [0.2, 0.25) is 5.91 Å². The van der Waals surface area contributed by atoms with E-state index in [1.807, 2.05) is 37.3 Å². The van der Waals surface area contributed by atoms with Crippen LogP contribution in [0.5, 0.6) is 0 Å². The van der Waals surface area contributed by atoms with Crippen molar-refractivity contribution in [3.63, 3.8) is 0 Å². The van der Waals surface area contributed by atoms with E-state index >= 15 is 0 Å². The average molecular weight is 260 g/mol. The van der Waals surface area contributed by atoms with Crippen molar-refractivity contribution in [3.8, 4) is 0 Å². The first-order chi connectivity index (χ1) is 9.09. The summed E-state index contributed by atoms with van der Waals surface area (Å²) in [5.74, 6) is 0.467. The normalized spacial score (nSPS) is 25.8. The number of carbonyl (C=O) groups excluding carboxylic acids is 1. The van der Waals surface area contributed by atoms with Crippen molar-refractivity contribution >= 4 is 5.91 Å². The van der Waals surface area contributed by atoms with Gasteiger partial charge in [-0.2, -0.15) is 0 Å². The molecule has 0 radical (unpaired) electrons. The van der Waals surface area contributed by atoms with Crippen LogP contribution in [-0.4, -0.2) is 11.9 Å². The van der Waals surface area contributed by atoms with Crippen LogP contribution in [0.4, 0.5) is 0 Å². The molecule has 0 bridgehead atoms. The molecule has 1 amide bonds. The number of carbonyl (C=O) groups is 1. The Bertz CT molecular complexity index is 418. The zero-order valence-electron chi connectivity index (χ0n) is 11.8. The van der Waals surface area contributed by atoms with Gasteiger partial charge in [-0.25, -0.2) is 0 Å². The quantitative estimate of drug-likeness (QED) is 0.874. The molecule has 3 heteroatoms. The van der Waals surface area contributed by atoms with Crippen molar-refractivity contribution in [2.24, 2.45) is 17.6 Å². The number of nitrogens with two attached hydrogens (primary N) is 1. The molecule has 19 heavy (non-hydrogen) atoms. The van der Waals surface area contributed by atoms with Crippen LogP contribution in [0.15, 0.2) is 30.3 Å². The number of rotatable bonds is 4. The van der Waals surface area contributed by atoms with Crippen molar-refractivity contribution < 1.29 is 4.79 Å². The molecule has 3 N–H and O–H groups in total. The Balaban J connectivity index is 1.95. The molecular weight excluding hydrogens is 236 g/mol. The fourth-order valence-corrected chi connectivity index (χ4v) is 2.80. The molecule has 1 aliphatic carbocycles. The maximum Gasteiger partial charge on any atom is 0.224 e. The minimum atomic E-state index is -0.238. The molecule has 104 valence electrons. The first-order valence-corrected chi connectivity index (χ1v) is 7.20. The van der Waals surface area contributed by atoms with Gasteiger partial charge in [0, 0.05) is 12.1 Å². The second-order valence-corrected chi connectivity index (χ2v) is 5.75. The van der Waals surface area contributed by atoms with Crippen LogP contribution < -0.4 is 11.1 Å². The highest BCUT2D eigenvalue weighted by molar-refractivity contribution is 5.79. The second-order valence-electron chi connectivity index (χ2n) is 5.75. The Kier molecular flexibility index (Phi) is 4.59. The lowest BCUT2D eigenvalue weighted by Crippen LogP contribution is -2.42. The summed E-state index contributed by atoms with van der Waals surface area (Å²) in [5.41, 5.74) is 7.21. The van der Waals surface area contributed by atoms with Crippen molar-refractivity contribution in [1.82, 2.24) is 5.32 Å². The molecule has 0 aromatic heterocycles. The third-order valence-corrected chi connectivity index (χ3v) is 4.33. The van der Waals surface area contributed by atoms with Gasteiger partial charge in [0.05, 0.1) is 5.92 Å². The Hall–Kier alpha value is -1.35. The molecule has 1 fully saturated rings. The summed E-state index contributed by atoms with van der Waals surface area (Å²) in [7, 11) is 0. The molecule has 2 rings (SSSR count). The highest BCUT2D eigenvalue weighted by Crippen LogP contribution is 2.26. The zero-order valence-corrected chi connectivity index (χ0v) is 11.8. The van der Waals surface area contributed by atoms with Crippen molar-refractivity contribution in [2.45, 2.75) is 45.2 Å². The van der Waals surface area contributed by atoms with Gasteiger partial charge in [-0.3, -0.25) is 4.79 Å². The standard InChI is InChI=1S/C16H24N2O/c1-11-7-6-10-14(11)18-16(19)12(2)15(17)13-8-4-3-5-9-13/h3-5,8-9,11-12,14-15H,6-7,10,17H2,1-2H3,(H,18,19). The van der Waals surface area contributed by atoms with E-state index in [0.717, 1.165) is 12.0 Å². The first-order valence-electron chi connectivity index (χ1n) is 7.20. The first kappa shape index (κ1) is 14.1. The van der Waals surface area contributed by atoms with Crippen LogP contribution in [0.3, 0.4) is 0 Å². The smallest absolute Gasteiger partial charge is 0.224 e. The molecule has 0 heterocycles. The summed E-state index contributed by atoms with van der Waals surface area (Å²) in [6.45, 7) is 4.12. The summed E-state index contributed by atoms with van der Waals surface area (Å²) in [5, 5.41) is 3.16. The fraction of sp³-hybridized carbons (Fsp3) is 0.562. The lowest BCUT2D eigenvalue weighted by atomic mass is 9.94. The molecule has 0 aliphatic heterocycles. The molecule has 1 aromatic rings. The van der Waals surface area contributed by atoms with Gasteiger partial charge in [-0.1, -0.05) is 50.6 Å². The third kappa shape index (κ3) is 3.35. The van der Waals surface area contributed by atoms with Crippen LogP contribution in [-0.2, 0) is 4.79 Å². The summed E-state index contributed by atoms with van der Waals surface area (Å²) in [6.07, 6.45) is 3.52. The lowest BCUT2D eigenvalue weighted by molar-refractivity contribution is -0.126. The Labute approximate surface area is 115 Å². The van der Waals surface area contributed by atoms with Gasteiger partial charge < -0.3 is 11.1 Å². The third-order valence-electron chi connectivity index (χ3n) is 4.33. The number of hydrogen-bond acceptors (Lipinski definition) is 2. The summed E-state index contributed by atoms with van der Waals surface area (Å²) in [4.78, 5) is 12.3. The maximum atomic E-state index is 12.3. The molecule has 1 aromatic carbocycles. The highest BCUT2D eigenvalue weighted by Gasteiger charge is 2.28. The SMILES string of the molecule is CC1CCCC1NC(=O)C(C)C(N)c1ccccc1.